The number of piperidine rings is 2. The molecular weight excluding hydrogens is 344 g/mol. The summed E-state index contributed by atoms with van der Waals surface area (Å²) < 4.78 is 7.30. The molecule has 2 aliphatic rings. The third-order valence-corrected chi connectivity index (χ3v) is 5.82. The number of hydrogen-bond acceptors (Lipinski definition) is 4. The van der Waals surface area contributed by atoms with Crippen LogP contribution < -0.4 is 0 Å². The zero-order valence-electron chi connectivity index (χ0n) is 16.4. The highest BCUT2D eigenvalue weighted by Crippen LogP contribution is 2.26. The predicted octanol–water partition coefficient (Wildman–Crippen LogP) is 1.93. The summed E-state index contributed by atoms with van der Waals surface area (Å²) in [5.41, 5.74) is 0. The first-order valence-corrected chi connectivity index (χ1v) is 10.3. The average Bonchev–Trinajstić information content (AvgIpc) is 3.24. The Hall–Kier alpha value is -1.89. The zero-order valence-corrected chi connectivity index (χ0v) is 16.4. The number of carbonyl (C=O) groups is 2. The highest BCUT2D eigenvalue weighted by Gasteiger charge is 2.34. The highest BCUT2D eigenvalue weighted by molar-refractivity contribution is 5.81. The van der Waals surface area contributed by atoms with Gasteiger partial charge in [0.2, 0.25) is 11.8 Å². The molecule has 7 heteroatoms. The molecule has 27 heavy (non-hydrogen) atoms. The van der Waals surface area contributed by atoms with Gasteiger partial charge in [-0.15, -0.1) is 0 Å². The lowest BCUT2D eigenvalue weighted by atomic mass is 9.91. The summed E-state index contributed by atoms with van der Waals surface area (Å²) in [6, 6.07) is 0.325. The van der Waals surface area contributed by atoms with Crippen molar-refractivity contribution in [1.82, 2.24) is 19.4 Å². The molecule has 0 unspecified atom stereocenters. The fraction of sp³-hybridized carbons (Fsp3) is 0.750. The van der Waals surface area contributed by atoms with E-state index in [0.717, 1.165) is 45.2 Å². The van der Waals surface area contributed by atoms with Crippen LogP contribution in [0.2, 0.25) is 0 Å². The zero-order chi connectivity index (χ0) is 19.1. The van der Waals surface area contributed by atoms with Crippen LogP contribution in [0.1, 0.15) is 45.4 Å². The molecular formula is C20H32N4O3. The number of aromatic nitrogens is 2. The third kappa shape index (κ3) is 5.31. The van der Waals surface area contributed by atoms with Crippen LogP contribution in [0.4, 0.5) is 0 Å². The van der Waals surface area contributed by atoms with Gasteiger partial charge in [-0.1, -0.05) is 0 Å². The molecule has 2 saturated heterocycles. The average molecular weight is 377 g/mol. The molecule has 1 aromatic heterocycles. The second-order valence-electron chi connectivity index (χ2n) is 7.56. The molecule has 0 bridgehead atoms. The fourth-order valence-electron chi connectivity index (χ4n) is 4.20. The SMILES string of the molecule is CCOCC(=O)N1CCC(C(=O)N2CCCC[C@@H]2CCn2ccnc2)CC1. The molecule has 150 valence electrons. The van der Waals surface area contributed by atoms with Crippen LogP contribution in [-0.4, -0.2) is 70.1 Å². The molecule has 0 spiro atoms. The van der Waals surface area contributed by atoms with E-state index in [2.05, 4.69) is 14.5 Å². The summed E-state index contributed by atoms with van der Waals surface area (Å²) in [4.78, 5) is 33.3. The first kappa shape index (κ1) is 19.9. The molecule has 3 rings (SSSR count). The van der Waals surface area contributed by atoms with Crippen molar-refractivity contribution in [2.75, 3.05) is 32.8 Å². The number of likely N-dealkylation sites (tertiary alicyclic amines) is 2. The van der Waals surface area contributed by atoms with E-state index in [1.165, 1.54) is 6.42 Å². The Morgan fingerprint density at radius 2 is 1.96 bits per heavy atom. The standard InChI is InChI=1S/C20H32N4O3/c1-2-27-15-19(25)23-12-6-17(7-13-23)20(26)24-10-4-3-5-18(24)8-11-22-14-9-21-16-22/h9,14,16-18H,2-8,10-13,15H2,1H3/t18-/m1/s1. The van der Waals surface area contributed by atoms with Crippen molar-refractivity contribution in [3.63, 3.8) is 0 Å². The van der Waals surface area contributed by atoms with Crippen molar-refractivity contribution in [1.29, 1.82) is 0 Å². The lowest BCUT2D eigenvalue weighted by Gasteiger charge is -2.40. The molecule has 2 aliphatic heterocycles. The Bertz CT molecular complexity index is 596. The number of amides is 2. The van der Waals surface area contributed by atoms with Crippen molar-refractivity contribution in [2.24, 2.45) is 5.92 Å². The lowest BCUT2D eigenvalue weighted by molar-refractivity contribution is -0.145. The van der Waals surface area contributed by atoms with Gasteiger partial charge in [0.15, 0.2) is 0 Å². The van der Waals surface area contributed by atoms with Gasteiger partial charge in [0.25, 0.3) is 0 Å². The van der Waals surface area contributed by atoms with Crippen LogP contribution in [0, 0.1) is 5.92 Å². The van der Waals surface area contributed by atoms with Gasteiger partial charge in [0.1, 0.15) is 6.61 Å². The minimum absolute atomic E-state index is 0.0407. The van der Waals surface area contributed by atoms with Crippen molar-refractivity contribution < 1.29 is 14.3 Å². The van der Waals surface area contributed by atoms with Gasteiger partial charge in [0, 0.05) is 57.1 Å². The van der Waals surface area contributed by atoms with Gasteiger partial charge in [-0.05, 0) is 45.4 Å². The van der Waals surface area contributed by atoms with E-state index in [1.54, 1.807) is 6.20 Å². The first-order chi connectivity index (χ1) is 13.2. The Morgan fingerprint density at radius 3 is 2.67 bits per heavy atom. The minimum atomic E-state index is 0.0407. The summed E-state index contributed by atoms with van der Waals surface area (Å²) in [6.45, 7) is 5.69. The van der Waals surface area contributed by atoms with E-state index in [1.807, 2.05) is 24.3 Å². The predicted molar refractivity (Wildman–Crippen MR) is 102 cm³/mol. The quantitative estimate of drug-likeness (QED) is 0.729. The van der Waals surface area contributed by atoms with Crippen LogP contribution in [0.25, 0.3) is 0 Å². The smallest absolute Gasteiger partial charge is 0.248 e. The van der Waals surface area contributed by atoms with Crippen LogP contribution in [-0.2, 0) is 20.9 Å². The molecule has 0 aliphatic carbocycles. The molecule has 1 aromatic rings. The topological polar surface area (TPSA) is 67.7 Å². The van der Waals surface area contributed by atoms with Crippen LogP contribution in [0.5, 0.6) is 0 Å². The Morgan fingerprint density at radius 1 is 1.15 bits per heavy atom. The van der Waals surface area contributed by atoms with Crippen molar-refractivity contribution in [3.05, 3.63) is 18.7 Å². The van der Waals surface area contributed by atoms with Crippen LogP contribution in [0.3, 0.4) is 0 Å². The third-order valence-electron chi connectivity index (χ3n) is 5.82. The normalized spacial score (nSPS) is 21.4. The molecule has 2 fully saturated rings. The van der Waals surface area contributed by atoms with E-state index in [0.29, 0.717) is 31.6 Å². The summed E-state index contributed by atoms with van der Waals surface area (Å²) >= 11 is 0. The number of carbonyl (C=O) groups excluding carboxylic acids is 2. The largest absolute Gasteiger partial charge is 0.372 e. The highest BCUT2D eigenvalue weighted by atomic mass is 16.5. The summed E-state index contributed by atoms with van der Waals surface area (Å²) in [5.74, 6) is 0.385. The van der Waals surface area contributed by atoms with E-state index in [4.69, 9.17) is 4.74 Å². The second-order valence-corrected chi connectivity index (χ2v) is 7.56. The van der Waals surface area contributed by atoms with E-state index >= 15 is 0 Å². The van der Waals surface area contributed by atoms with E-state index < -0.39 is 0 Å². The second kappa shape index (κ2) is 9.88. The summed E-state index contributed by atoms with van der Waals surface area (Å²) in [7, 11) is 0. The maximum atomic E-state index is 13.2. The number of aryl methyl sites for hydroxylation is 1. The van der Waals surface area contributed by atoms with Crippen LogP contribution >= 0.6 is 0 Å². The molecule has 0 N–H and O–H groups in total. The van der Waals surface area contributed by atoms with E-state index in [9.17, 15) is 9.59 Å². The molecule has 0 aromatic carbocycles. The van der Waals surface area contributed by atoms with Gasteiger partial charge < -0.3 is 19.1 Å². The van der Waals surface area contributed by atoms with Gasteiger partial charge in [-0.2, -0.15) is 0 Å². The van der Waals surface area contributed by atoms with Crippen LogP contribution in [0.15, 0.2) is 18.7 Å². The number of rotatable bonds is 7. The number of imidazole rings is 1. The maximum Gasteiger partial charge on any atom is 0.248 e. The van der Waals surface area contributed by atoms with Crippen molar-refractivity contribution in [3.8, 4) is 0 Å². The minimum Gasteiger partial charge on any atom is -0.372 e. The fourth-order valence-corrected chi connectivity index (χ4v) is 4.20. The van der Waals surface area contributed by atoms with E-state index in [-0.39, 0.29) is 18.4 Å². The number of ether oxygens (including phenoxy) is 1. The molecule has 0 saturated carbocycles. The van der Waals surface area contributed by atoms with Crippen molar-refractivity contribution in [2.45, 2.75) is 58.0 Å². The molecule has 7 nitrogen and oxygen atoms in total. The molecule has 2 amide bonds. The monoisotopic (exact) mass is 376 g/mol. The molecule has 0 radical (unpaired) electrons. The summed E-state index contributed by atoms with van der Waals surface area (Å²) in [6.07, 6.45) is 11.5. The van der Waals surface area contributed by atoms with Gasteiger partial charge >= 0.3 is 0 Å². The lowest BCUT2D eigenvalue weighted by Crippen LogP contribution is -2.50. The first-order valence-electron chi connectivity index (χ1n) is 10.3. The molecule has 1 atom stereocenters. The Labute approximate surface area is 161 Å². The number of nitrogens with zero attached hydrogens (tertiary/aromatic N) is 4. The Kier molecular flexibility index (Phi) is 7.26. The maximum absolute atomic E-state index is 13.2. The Balaban J connectivity index is 1.50. The van der Waals surface area contributed by atoms with Gasteiger partial charge in [-0.3, -0.25) is 9.59 Å². The molecule has 3 heterocycles. The summed E-state index contributed by atoms with van der Waals surface area (Å²) in [5, 5.41) is 0. The van der Waals surface area contributed by atoms with Gasteiger partial charge in [-0.25, -0.2) is 4.98 Å². The van der Waals surface area contributed by atoms with Gasteiger partial charge in [0.05, 0.1) is 6.33 Å². The van der Waals surface area contributed by atoms with Crippen molar-refractivity contribution >= 4 is 11.8 Å². The number of hydrogen-bond donors (Lipinski definition) is 0.